The molecule has 1 fully saturated rings. The monoisotopic (exact) mass is 331 g/mol. The molecule has 24 heavy (non-hydrogen) atoms. The summed E-state index contributed by atoms with van der Waals surface area (Å²) in [5, 5.41) is 3.03. The second-order valence-electron chi connectivity index (χ2n) is 6.91. The number of fused-ring (bicyclic) bond motifs is 1. The molecule has 4 heteroatoms. The summed E-state index contributed by atoms with van der Waals surface area (Å²) in [6, 6.07) is 8.60. The summed E-state index contributed by atoms with van der Waals surface area (Å²) in [4.78, 5) is 11.9. The molecule has 2 aliphatic rings. The Morgan fingerprint density at radius 1 is 1.21 bits per heavy atom. The van der Waals surface area contributed by atoms with E-state index in [-0.39, 0.29) is 12.0 Å². The third-order valence-electron chi connectivity index (χ3n) is 5.09. The standard InChI is InChI=1S/C20H29NO3/c22-20(15-16-9-13-23-14-10-16)21-11-4-12-24-19-8-3-6-17-5-1-2-7-18(17)19/h1-2,5,7,16,19H,3-4,6,8-15H2,(H,21,22)/t19-/m0/s1. The van der Waals surface area contributed by atoms with Crippen molar-refractivity contribution in [3.05, 3.63) is 35.4 Å². The Labute approximate surface area is 144 Å². The highest BCUT2D eigenvalue weighted by molar-refractivity contribution is 5.76. The normalized spacial score (nSPS) is 21.2. The first kappa shape index (κ1) is 17.4. The molecular formula is C20H29NO3. The fraction of sp³-hybridized carbons (Fsp3) is 0.650. The molecule has 0 unspecified atom stereocenters. The van der Waals surface area contributed by atoms with Crippen LogP contribution in [0.2, 0.25) is 0 Å². The first-order valence-electron chi connectivity index (χ1n) is 9.37. The molecule has 0 radical (unpaired) electrons. The molecule has 1 atom stereocenters. The van der Waals surface area contributed by atoms with Crippen LogP contribution in [0.3, 0.4) is 0 Å². The molecule has 1 aromatic rings. The van der Waals surface area contributed by atoms with E-state index in [4.69, 9.17) is 9.47 Å². The van der Waals surface area contributed by atoms with Gasteiger partial charge >= 0.3 is 0 Å². The second kappa shape index (κ2) is 9.19. The third-order valence-corrected chi connectivity index (χ3v) is 5.09. The number of ether oxygens (including phenoxy) is 2. The average Bonchev–Trinajstić information content (AvgIpc) is 2.62. The Hall–Kier alpha value is -1.39. The topological polar surface area (TPSA) is 47.6 Å². The summed E-state index contributed by atoms with van der Waals surface area (Å²) in [5.74, 6) is 0.665. The largest absolute Gasteiger partial charge is 0.381 e. The molecule has 1 N–H and O–H groups in total. The minimum atomic E-state index is 0.171. The van der Waals surface area contributed by atoms with Gasteiger partial charge in [0.1, 0.15) is 0 Å². The summed E-state index contributed by atoms with van der Waals surface area (Å²) in [6.07, 6.45) is 7.23. The fourth-order valence-electron chi connectivity index (χ4n) is 3.69. The van der Waals surface area contributed by atoms with Gasteiger partial charge in [-0.2, -0.15) is 0 Å². The lowest BCUT2D eigenvalue weighted by atomic mass is 9.89. The minimum Gasteiger partial charge on any atom is -0.381 e. The van der Waals surface area contributed by atoms with Gasteiger partial charge in [-0.3, -0.25) is 4.79 Å². The lowest BCUT2D eigenvalue weighted by Gasteiger charge is -2.25. The Balaban J connectivity index is 1.31. The first-order chi connectivity index (χ1) is 11.8. The molecular weight excluding hydrogens is 302 g/mol. The highest BCUT2D eigenvalue weighted by atomic mass is 16.5. The molecule has 1 saturated heterocycles. The van der Waals surface area contributed by atoms with Crippen LogP contribution in [0.5, 0.6) is 0 Å². The summed E-state index contributed by atoms with van der Waals surface area (Å²) in [6.45, 7) is 3.01. The van der Waals surface area contributed by atoms with Gasteiger partial charge in [-0.15, -0.1) is 0 Å². The van der Waals surface area contributed by atoms with Gasteiger partial charge in [0.15, 0.2) is 0 Å². The number of benzene rings is 1. The van der Waals surface area contributed by atoms with Crippen molar-refractivity contribution in [2.45, 2.75) is 51.0 Å². The fourth-order valence-corrected chi connectivity index (χ4v) is 3.69. The maximum Gasteiger partial charge on any atom is 0.220 e. The maximum absolute atomic E-state index is 11.9. The van der Waals surface area contributed by atoms with Crippen LogP contribution in [0.15, 0.2) is 24.3 Å². The van der Waals surface area contributed by atoms with Gasteiger partial charge in [0.05, 0.1) is 6.10 Å². The molecule has 0 aromatic heterocycles. The van der Waals surface area contributed by atoms with Crippen molar-refractivity contribution in [2.24, 2.45) is 5.92 Å². The van der Waals surface area contributed by atoms with Gasteiger partial charge in [-0.1, -0.05) is 24.3 Å². The molecule has 0 saturated carbocycles. The van der Waals surface area contributed by atoms with E-state index in [0.717, 1.165) is 45.3 Å². The van der Waals surface area contributed by atoms with E-state index in [1.165, 1.54) is 17.5 Å². The molecule has 0 bridgehead atoms. The van der Waals surface area contributed by atoms with Crippen molar-refractivity contribution >= 4 is 5.91 Å². The van der Waals surface area contributed by atoms with Crippen molar-refractivity contribution in [1.29, 1.82) is 0 Å². The van der Waals surface area contributed by atoms with Crippen LogP contribution >= 0.6 is 0 Å². The van der Waals surface area contributed by atoms with Crippen LogP contribution < -0.4 is 5.32 Å². The van der Waals surface area contributed by atoms with Crippen LogP contribution in [0.25, 0.3) is 0 Å². The number of hydrogen-bond donors (Lipinski definition) is 1. The molecule has 1 amide bonds. The van der Waals surface area contributed by atoms with Crippen LogP contribution in [0, 0.1) is 5.92 Å². The molecule has 1 aliphatic heterocycles. The van der Waals surface area contributed by atoms with E-state index >= 15 is 0 Å². The minimum absolute atomic E-state index is 0.171. The zero-order valence-corrected chi connectivity index (χ0v) is 14.5. The number of amides is 1. The summed E-state index contributed by atoms with van der Waals surface area (Å²) in [5.41, 5.74) is 2.78. The number of carbonyl (C=O) groups excluding carboxylic acids is 1. The molecule has 132 valence electrons. The lowest BCUT2D eigenvalue weighted by Crippen LogP contribution is -2.29. The van der Waals surface area contributed by atoms with E-state index in [0.29, 0.717) is 25.5 Å². The van der Waals surface area contributed by atoms with Crippen molar-refractivity contribution in [3.8, 4) is 0 Å². The average molecular weight is 331 g/mol. The molecule has 3 rings (SSSR count). The first-order valence-corrected chi connectivity index (χ1v) is 9.37. The zero-order chi connectivity index (χ0) is 16.6. The van der Waals surface area contributed by atoms with Crippen molar-refractivity contribution in [3.63, 3.8) is 0 Å². The second-order valence-corrected chi connectivity index (χ2v) is 6.91. The van der Waals surface area contributed by atoms with E-state index in [2.05, 4.69) is 29.6 Å². The van der Waals surface area contributed by atoms with Crippen molar-refractivity contribution < 1.29 is 14.3 Å². The number of carbonyl (C=O) groups is 1. The molecule has 1 heterocycles. The molecule has 1 aromatic carbocycles. The number of aryl methyl sites for hydroxylation is 1. The lowest BCUT2D eigenvalue weighted by molar-refractivity contribution is -0.122. The van der Waals surface area contributed by atoms with Gasteiger partial charge < -0.3 is 14.8 Å². The smallest absolute Gasteiger partial charge is 0.220 e. The Morgan fingerprint density at radius 3 is 2.92 bits per heavy atom. The van der Waals surface area contributed by atoms with Crippen LogP contribution in [-0.2, 0) is 20.7 Å². The maximum atomic E-state index is 11.9. The third kappa shape index (κ3) is 5.05. The predicted octanol–water partition coefficient (Wildman–Crippen LogP) is 3.40. The summed E-state index contributed by atoms with van der Waals surface area (Å²) >= 11 is 0. The van der Waals surface area contributed by atoms with Crippen LogP contribution in [0.4, 0.5) is 0 Å². The highest BCUT2D eigenvalue weighted by Gasteiger charge is 2.20. The Kier molecular flexibility index (Phi) is 6.67. The van der Waals surface area contributed by atoms with Crippen LogP contribution in [-0.4, -0.2) is 32.3 Å². The number of rotatable bonds is 7. The van der Waals surface area contributed by atoms with Gasteiger partial charge in [0.25, 0.3) is 0 Å². The molecule has 0 spiro atoms. The Morgan fingerprint density at radius 2 is 2.04 bits per heavy atom. The summed E-state index contributed by atoms with van der Waals surface area (Å²) < 4.78 is 11.4. The van der Waals surface area contributed by atoms with E-state index in [1.807, 2.05) is 0 Å². The van der Waals surface area contributed by atoms with Gasteiger partial charge in [0, 0.05) is 32.8 Å². The van der Waals surface area contributed by atoms with Gasteiger partial charge in [-0.25, -0.2) is 0 Å². The SMILES string of the molecule is O=C(CC1CCOCC1)NCCCO[C@H]1CCCc2ccccc21. The zero-order valence-electron chi connectivity index (χ0n) is 14.5. The van der Waals surface area contributed by atoms with E-state index < -0.39 is 0 Å². The highest BCUT2D eigenvalue weighted by Crippen LogP contribution is 2.32. The number of hydrogen-bond acceptors (Lipinski definition) is 3. The molecule has 1 aliphatic carbocycles. The van der Waals surface area contributed by atoms with Gasteiger partial charge in [-0.05, 0) is 55.6 Å². The predicted molar refractivity (Wildman–Crippen MR) is 93.9 cm³/mol. The summed E-state index contributed by atoms with van der Waals surface area (Å²) in [7, 11) is 0. The van der Waals surface area contributed by atoms with Gasteiger partial charge in [0.2, 0.25) is 5.91 Å². The van der Waals surface area contributed by atoms with E-state index in [1.54, 1.807) is 0 Å². The van der Waals surface area contributed by atoms with Crippen molar-refractivity contribution in [1.82, 2.24) is 5.32 Å². The Bertz CT molecular complexity index is 525. The van der Waals surface area contributed by atoms with Crippen LogP contribution in [0.1, 0.15) is 55.8 Å². The van der Waals surface area contributed by atoms with Crippen molar-refractivity contribution in [2.75, 3.05) is 26.4 Å². The number of nitrogens with one attached hydrogen (secondary N) is 1. The molecule has 4 nitrogen and oxygen atoms in total. The van der Waals surface area contributed by atoms with E-state index in [9.17, 15) is 4.79 Å². The quantitative estimate of drug-likeness (QED) is 0.779.